The highest BCUT2D eigenvalue weighted by atomic mass is 79.9. The molecule has 0 aromatic heterocycles. The first-order valence-corrected chi connectivity index (χ1v) is 7.50. The third-order valence-corrected chi connectivity index (χ3v) is 4.06. The van der Waals surface area contributed by atoms with Crippen LogP contribution in [0.1, 0.15) is 10.4 Å². The summed E-state index contributed by atoms with van der Waals surface area (Å²) in [5.74, 6) is 0.954. The SMILES string of the molecule is COc1cccc(OC)c1C(=O)N1CCOCC1CBr. The van der Waals surface area contributed by atoms with Crippen molar-refractivity contribution in [2.24, 2.45) is 0 Å². The van der Waals surface area contributed by atoms with Gasteiger partial charge < -0.3 is 19.1 Å². The lowest BCUT2D eigenvalue weighted by Gasteiger charge is -2.35. The molecule has 110 valence electrons. The van der Waals surface area contributed by atoms with E-state index in [4.69, 9.17) is 14.2 Å². The molecule has 1 heterocycles. The van der Waals surface area contributed by atoms with Gasteiger partial charge in [0, 0.05) is 11.9 Å². The van der Waals surface area contributed by atoms with Crippen LogP contribution in [0.5, 0.6) is 11.5 Å². The molecule has 20 heavy (non-hydrogen) atoms. The van der Waals surface area contributed by atoms with Gasteiger partial charge >= 0.3 is 0 Å². The van der Waals surface area contributed by atoms with Crippen LogP contribution in [0.15, 0.2) is 18.2 Å². The van der Waals surface area contributed by atoms with E-state index in [1.54, 1.807) is 37.3 Å². The molecule has 2 rings (SSSR count). The van der Waals surface area contributed by atoms with Gasteiger partial charge in [0.1, 0.15) is 17.1 Å². The van der Waals surface area contributed by atoms with Crippen molar-refractivity contribution in [2.45, 2.75) is 6.04 Å². The fourth-order valence-corrected chi connectivity index (χ4v) is 2.79. The van der Waals surface area contributed by atoms with Gasteiger partial charge in [-0.25, -0.2) is 0 Å². The molecule has 0 saturated carbocycles. The normalized spacial score (nSPS) is 18.8. The highest BCUT2D eigenvalue weighted by molar-refractivity contribution is 9.09. The summed E-state index contributed by atoms with van der Waals surface area (Å²) in [6.07, 6.45) is 0. The average molecular weight is 344 g/mol. The minimum absolute atomic E-state index is 0.0193. The molecule has 5 nitrogen and oxygen atoms in total. The molecule has 1 amide bonds. The quantitative estimate of drug-likeness (QED) is 0.784. The lowest BCUT2D eigenvalue weighted by molar-refractivity contribution is 0.00493. The van der Waals surface area contributed by atoms with E-state index in [-0.39, 0.29) is 11.9 Å². The smallest absolute Gasteiger partial charge is 0.261 e. The van der Waals surface area contributed by atoms with E-state index in [0.717, 1.165) is 0 Å². The van der Waals surface area contributed by atoms with Crippen LogP contribution in [0.25, 0.3) is 0 Å². The Morgan fingerprint density at radius 2 is 2.05 bits per heavy atom. The Kier molecular flexibility index (Phi) is 5.25. The molecule has 1 aliphatic rings. The Hall–Kier alpha value is -1.27. The molecule has 1 aromatic carbocycles. The molecule has 1 aromatic rings. The van der Waals surface area contributed by atoms with Crippen molar-refractivity contribution >= 4 is 21.8 Å². The van der Waals surface area contributed by atoms with E-state index in [9.17, 15) is 4.79 Å². The summed E-state index contributed by atoms with van der Waals surface area (Å²) in [4.78, 5) is 14.6. The minimum atomic E-state index is -0.0907. The Labute approximate surface area is 126 Å². The van der Waals surface area contributed by atoms with Crippen molar-refractivity contribution in [1.29, 1.82) is 0 Å². The van der Waals surface area contributed by atoms with Gasteiger partial charge in [0.15, 0.2) is 0 Å². The third kappa shape index (κ3) is 2.91. The van der Waals surface area contributed by atoms with E-state index in [2.05, 4.69) is 15.9 Å². The second kappa shape index (κ2) is 6.95. The number of methoxy groups -OCH3 is 2. The number of hydrogen-bond acceptors (Lipinski definition) is 4. The van der Waals surface area contributed by atoms with Crippen molar-refractivity contribution in [3.63, 3.8) is 0 Å². The summed E-state index contributed by atoms with van der Waals surface area (Å²) in [5.41, 5.74) is 0.463. The van der Waals surface area contributed by atoms with E-state index in [1.165, 1.54) is 0 Å². The van der Waals surface area contributed by atoms with Gasteiger partial charge in [-0.15, -0.1) is 0 Å². The molecule has 1 unspecified atom stereocenters. The lowest BCUT2D eigenvalue weighted by Crippen LogP contribution is -2.49. The first-order chi connectivity index (χ1) is 9.72. The summed E-state index contributed by atoms with van der Waals surface area (Å²) in [5, 5.41) is 0.677. The van der Waals surface area contributed by atoms with Crippen LogP contribution in [-0.2, 0) is 4.74 Å². The molecule has 0 bridgehead atoms. The number of alkyl halides is 1. The van der Waals surface area contributed by atoms with Gasteiger partial charge in [0.05, 0.1) is 33.5 Å². The molecular weight excluding hydrogens is 326 g/mol. The topological polar surface area (TPSA) is 48.0 Å². The fourth-order valence-electron chi connectivity index (χ4n) is 2.26. The maximum atomic E-state index is 12.8. The number of amides is 1. The summed E-state index contributed by atoms with van der Waals surface area (Å²) < 4.78 is 16.0. The van der Waals surface area contributed by atoms with E-state index >= 15 is 0 Å². The first kappa shape index (κ1) is 15.1. The van der Waals surface area contributed by atoms with E-state index in [1.807, 2.05) is 0 Å². The standard InChI is InChI=1S/C14H18BrNO4/c1-18-11-4-3-5-12(19-2)13(11)14(17)16-6-7-20-9-10(16)8-15/h3-5,10H,6-9H2,1-2H3. The van der Waals surface area contributed by atoms with Crippen LogP contribution in [0, 0.1) is 0 Å². The number of hydrogen-bond donors (Lipinski definition) is 0. The van der Waals surface area contributed by atoms with Crippen LogP contribution in [-0.4, -0.2) is 56.2 Å². The largest absolute Gasteiger partial charge is 0.496 e. The van der Waals surface area contributed by atoms with E-state index < -0.39 is 0 Å². The first-order valence-electron chi connectivity index (χ1n) is 6.38. The molecule has 0 spiro atoms. The number of morpholine rings is 1. The predicted molar refractivity (Wildman–Crippen MR) is 79.0 cm³/mol. The van der Waals surface area contributed by atoms with Crippen molar-refractivity contribution in [2.75, 3.05) is 39.3 Å². The van der Waals surface area contributed by atoms with Crippen molar-refractivity contribution < 1.29 is 19.0 Å². The number of carbonyl (C=O) groups is 1. The number of rotatable bonds is 4. The monoisotopic (exact) mass is 343 g/mol. The van der Waals surface area contributed by atoms with Crippen LogP contribution >= 0.6 is 15.9 Å². The van der Waals surface area contributed by atoms with Gasteiger partial charge in [-0.05, 0) is 12.1 Å². The van der Waals surface area contributed by atoms with Gasteiger partial charge in [-0.2, -0.15) is 0 Å². The van der Waals surface area contributed by atoms with Gasteiger partial charge in [0.2, 0.25) is 0 Å². The lowest BCUT2D eigenvalue weighted by atomic mass is 10.1. The maximum absolute atomic E-state index is 12.8. The van der Waals surface area contributed by atoms with Gasteiger partial charge in [-0.1, -0.05) is 22.0 Å². The number of carbonyl (C=O) groups excluding carboxylic acids is 1. The van der Waals surface area contributed by atoms with Crippen molar-refractivity contribution in [3.8, 4) is 11.5 Å². The zero-order valence-electron chi connectivity index (χ0n) is 11.6. The van der Waals surface area contributed by atoms with Crippen molar-refractivity contribution in [1.82, 2.24) is 4.90 Å². The highest BCUT2D eigenvalue weighted by Gasteiger charge is 2.30. The van der Waals surface area contributed by atoms with E-state index in [0.29, 0.717) is 42.2 Å². The molecule has 1 saturated heterocycles. The molecule has 0 radical (unpaired) electrons. The third-order valence-electron chi connectivity index (χ3n) is 3.31. The molecule has 0 N–H and O–H groups in total. The number of halogens is 1. The van der Waals surface area contributed by atoms with Gasteiger partial charge in [0.25, 0.3) is 5.91 Å². The Morgan fingerprint density at radius 3 is 2.60 bits per heavy atom. The Morgan fingerprint density at radius 1 is 1.40 bits per heavy atom. The highest BCUT2D eigenvalue weighted by Crippen LogP contribution is 2.30. The molecule has 6 heteroatoms. The number of ether oxygens (including phenoxy) is 3. The van der Waals surface area contributed by atoms with Crippen LogP contribution in [0.4, 0.5) is 0 Å². The summed E-state index contributed by atoms with van der Waals surface area (Å²) in [7, 11) is 3.10. The molecular formula is C14H18BrNO4. The number of benzene rings is 1. The zero-order chi connectivity index (χ0) is 14.5. The Bertz CT molecular complexity index is 458. The molecule has 1 aliphatic heterocycles. The van der Waals surface area contributed by atoms with Gasteiger partial charge in [-0.3, -0.25) is 4.79 Å². The van der Waals surface area contributed by atoms with Crippen LogP contribution < -0.4 is 9.47 Å². The minimum Gasteiger partial charge on any atom is -0.496 e. The van der Waals surface area contributed by atoms with Crippen molar-refractivity contribution in [3.05, 3.63) is 23.8 Å². The average Bonchev–Trinajstić information content (AvgIpc) is 2.53. The maximum Gasteiger partial charge on any atom is 0.261 e. The predicted octanol–water partition coefficient (Wildman–Crippen LogP) is 1.94. The summed E-state index contributed by atoms with van der Waals surface area (Å²) in [6, 6.07) is 5.35. The van der Waals surface area contributed by atoms with Crippen LogP contribution in [0.3, 0.4) is 0 Å². The van der Waals surface area contributed by atoms with Crippen LogP contribution in [0.2, 0.25) is 0 Å². The molecule has 1 atom stereocenters. The summed E-state index contributed by atoms with van der Waals surface area (Å²) >= 11 is 3.43. The zero-order valence-corrected chi connectivity index (χ0v) is 13.2. The Balaban J connectivity index is 2.36. The summed E-state index contributed by atoms with van der Waals surface area (Å²) in [6.45, 7) is 1.65. The molecule has 1 fully saturated rings. The fraction of sp³-hybridized carbons (Fsp3) is 0.500. The number of nitrogens with zero attached hydrogens (tertiary/aromatic N) is 1. The molecule has 0 aliphatic carbocycles. The second-order valence-corrected chi connectivity index (χ2v) is 5.07. The second-order valence-electron chi connectivity index (χ2n) is 4.42.